The second kappa shape index (κ2) is 3.99. The van der Waals surface area contributed by atoms with Crippen molar-refractivity contribution in [3.8, 4) is 0 Å². The average molecular weight is 232 g/mol. The van der Waals surface area contributed by atoms with E-state index in [2.05, 4.69) is 31.1 Å². The van der Waals surface area contributed by atoms with Crippen LogP contribution in [0.3, 0.4) is 0 Å². The van der Waals surface area contributed by atoms with Crippen molar-refractivity contribution < 1.29 is 4.39 Å². The van der Waals surface area contributed by atoms with E-state index in [1.807, 2.05) is 13.1 Å². The van der Waals surface area contributed by atoms with Crippen molar-refractivity contribution in [2.75, 3.05) is 12.4 Å². The van der Waals surface area contributed by atoms with Crippen LogP contribution >= 0.6 is 0 Å². The van der Waals surface area contributed by atoms with Gasteiger partial charge in [-0.15, -0.1) is 0 Å². The summed E-state index contributed by atoms with van der Waals surface area (Å²) >= 11 is 0. The lowest BCUT2D eigenvalue weighted by Crippen LogP contribution is -2.15. The van der Waals surface area contributed by atoms with Crippen molar-refractivity contribution in [3.63, 3.8) is 0 Å². The van der Waals surface area contributed by atoms with Crippen LogP contribution < -0.4 is 5.32 Å². The molecule has 0 atom stereocenters. The van der Waals surface area contributed by atoms with E-state index >= 15 is 0 Å². The second-order valence-electron chi connectivity index (χ2n) is 5.22. The zero-order valence-corrected chi connectivity index (χ0v) is 10.6. The molecule has 0 radical (unpaired) electrons. The molecule has 0 amide bonds. The molecule has 0 bridgehead atoms. The molecular weight excluding hydrogens is 215 g/mol. The van der Waals surface area contributed by atoms with E-state index in [1.165, 1.54) is 12.1 Å². The van der Waals surface area contributed by atoms with Gasteiger partial charge in [0.05, 0.1) is 5.52 Å². The maximum absolute atomic E-state index is 13.2. The van der Waals surface area contributed by atoms with Gasteiger partial charge in [0.1, 0.15) is 11.6 Å². The summed E-state index contributed by atoms with van der Waals surface area (Å²) in [6.45, 7) is 6.36. The lowest BCUT2D eigenvalue weighted by molar-refractivity contribution is 0.590. The summed E-state index contributed by atoms with van der Waals surface area (Å²) in [6, 6.07) is 6.68. The number of nitrogens with zero attached hydrogens (tertiary/aromatic N) is 1. The Bertz CT molecular complexity index is 556. The van der Waals surface area contributed by atoms with E-state index in [9.17, 15) is 4.39 Å². The van der Waals surface area contributed by atoms with Crippen LogP contribution in [-0.2, 0) is 5.41 Å². The quantitative estimate of drug-likeness (QED) is 0.810. The van der Waals surface area contributed by atoms with Gasteiger partial charge in [-0.2, -0.15) is 0 Å². The third-order valence-electron chi connectivity index (χ3n) is 2.82. The molecule has 1 aromatic heterocycles. The largest absolute Gasteiger partial charge is 0.373 e. The molecule has 1 N–H and O–H groups in total. The number of hydrogen-bond acceptors (Lipinski definition) is 2. The molecule has 17 heavy (non-hydrogen) atoms. The van der Waals surface area contributed by atoms with Crippen LogP contribution in [0.4, 0.5) is 10.2 Å². The predicted octanol–water partition coefficient (Wildman–Crippen LogP) is 3.71. The number of rotatable bonds is 1. The Balaban J connectivity index is 2.74. The first-order valence-corrected chi connectivity index (χ1v) is 5.70. The number of nitrogens with one attached hydrogen (secondary N) is 1. The number of halogens is 1. The molecule has 0 aliphatic carbocycles. The summed E-state index contributed by atoms with van der Waals surface area (Å²) in [6.07, 6.45) is 0. The molecule has 90 valence electrons. The summed E-state index contributed by atoms with van der Waals surface area (Å²) < 4.78 is 13.2. The Morgan fingerprint density at radius 3 is 2.47 bits per heavy atom. The van der Waals surface area contributed by atoms with Crippen LogP contribution in [-0.4, -0.2) is 12.0 Å². The van der Waals surface area contributed by atoms with Gasteiger partial charge in [0, 0.05) is 18.0 Å². The maximum atomic E-state index is 13.2. The van der Waals surface area contributed by atoms with Gasteiger partial charge in [-0.05, 0) is 29.7 Å². The lowest BCUT2D eigenvalue weighted by atomic mass is 9.86. The minimum Gasteiger partial charge on any atom is -0.373 e. The van der Waals surface area contributed by atoms with Gasteiger partial charge >= 0.3 is 0 Å². The molecule has 0 unspecified atom stereocenters. The monoisotopic (exact) mass is 232 g/mol. The zero-order valence-electron chi connectivity index (χ0n) is 10.6. The van der Waals surface area contributed by atoms with Gasteiger partial charge in [0.25, 0.3) is 0 Å². The molecule has 3 heteroatoms. The predicted molar refractivity (Wildman–Crippen MR) is 69.9 cm³/mol. The van der Waals surface area contributed by atoms with Gasteiger partial charge in [0.15, 0.2) is 0 Å². The van der Waals surface area contributed by atoms with Crippen LogP contribution in [0.15, 0.2) is 24.3 Å². The van der Waals surface area contributed by atoms with Gasteiger partial charge in [-0.1, -0.05) is 20.8 Å². The van der Waals surface area contributed by atoms with Crippen LogP contribution in [0.1, 0.15) is 26.3 Å². The molecule has 0 aliphatic rings. The SMILES string of the molecule is CNc1nc2ccc(F)cc2cc1C(C)(C)C. The molecule has 1 aromatic carbocycles. The van der Waals surface area contributed by atoms with Crippen LogP contribution in [0.2, 0.25) is 0 Å². The summed E-state index contributed by atoms with van der Waals surface area (Å²) in [7, 11) is 1.85. The number of benzene rings is 1. The first kappa shape index (κ1) is 11.8. The average Bonchev–Trinajstić information content (AvgIpc) is 2.26. The molecule has 0 saturated heterocycles. The Morgan fingerprint density at radius 1 is 1.18 bits per heavy atom. The van der Waals surface area contributed by atoms with Crippen molar-refractivity contribution in [1.29, 1.82) is 0 Å². The number of fused-ring (bicyclic) bond motifs is 1. The third kappa shape index (κ3) is 2.23. The topological polar surface area (TPSA) is 24.9 Å². The minimum absolute atomic E-state index is 0.0220. The number of hydrogen-bond donors (Lipinski definition) is 1. The number of aromatic nitrogens is 1. The highest BCUT2D eigenvalue weighted by Crippen LogP contribution is 2.31. The Morgan fingerprint density at radius 2 is 1.88 bits per heavy atom. The molecular formula is C14H17FN2. The molecule has 0 fully saturated rings. The van der Waals surface area contributed by atoms with Gasteiger partial charge in [0.2, 0.25) is 0 Å². The van der Waals surface area contributed by atoms with Crippen molar-refractivity contribution in [2.24, 2.45) is 0 Å². The summed E-state index contributed by atoms with van der Waals surface area (Å²) in [5, 5.41) is 3.95. The number of pyridine rings is 1. The molecule has 2 rings (SSSR count). The molecule has 0 aliphatic heterocycles. The van der Waals surface area contributed by atoms with E-state index in [0.717, 1.165) is 22.3 Å². The fraction of sp³-hybridized carbons (Fsp3) is 0.357. The lowest BCUT2D eigenvalue weighted by Gasteiger charge is -2.22. The van der Waals surface area contributed by atoms with Gasteiger partial charge < -0.3 is 5.32 Å². The van der Waals surface area contributed by atoms with Crippen molar-refractivity contribution in [3.05, 3.63) is 35.6 Å². The van der Waals surface area contributed by atoms with Crippen molar-refractivity contribution in [1.82, 2.24) is 4.98 Å². The zero-order chi connectivity index (χ0) is 12.6. The molecule has 1 heterocycles. The fourth-order valence-corrected chi connectivity index (χ4v) is 1.91. The molecule has 0 saturated carbocycles. The molecule has 2 nitrogen and oxygen atoms in total. The van der Waals surface area contributed by atoms with E-state index in [-0.39, 0.29) is 11.2 Å². The summed E-state index contributed by atoms with van der Waals surface area (Å²) in [4.78, 5) is 4.52. The Kier molecular flexibility index (Phi) is 2.77. The summed E-state index contributed by atoms with van der Waals surface area (Å²) in [5.41, 5.74) is 1.88. The van der Waals surface area contributed by atoms with Gasteiger partial charge in [-0.3, -0.25) is 0 Å². The van der Waals surface area contributed by atoms with Crippen LogP contribution in [0.5, 0.6) is 0 Å². The highest BCUT2D eigenvalue weighted by atomic mass is 19.1. The van der Waals surface area contributed by atoms with Gasteiger partial charge in [-0.25, -0.2) is 9.37 Å². The highest BCUT2D eigenvalue weighted by molar-refractivity contribution is 5.82. The standard InChI is InChI=1S/C14H17FN2/c1-14(2,3)11-8-9-7-10(15)5-6-12(9)17-13(11)16-4/h5-8H,1-4H3,(H,16,17). The second-order valence-corrected chi connectivity index (χ2v) is 5.22. The van der Waals surface area contributed by atoms with Crippen LogP contribution in [0.25, 0.3) is 10.9 Å². The fourth-order valence-electron chi connectivity index (χ4n) is 1.91. The van der Waals surface area contributed by atoms with E-state index in [0.29, 0.717) is 0 Å². The smallest absolute Gasteiger partial charge is 0.130 e. The Labute approximate surface area is 101 Å². The van der Waals surface area contributed by atoms with E-state index in [1.54, 1.807) is 6.07 Å². The normalized spacial score (nSPS) is 11.8. The molecule has 2 aromatic rings. The van der Waals surface area contributed by atoms with E-state index in [4.69, 9.17) is 0 Å². The van der Waals surface area contributed by atoms with Crippen molar-refractivity contribution >= 4 is 16.7 Å². The highest BCUT2D eigenvalue weighted by Gasteiger charge is 2.19. The molecule has 0 spiro atoms. The minimum atomic E-state index is -0.226. The van der Waals surface area contributed by atoms with E-state index < -0.39 is 0 Å². The summed E-state index contributed by atoms with van der Waals surface area (Å²) in [5.74, 6) is 0.632. The Hall–Kier alpha value is -1.64. The third-order valence-corrected chi connectivity index (χ3v) is 2.82. The first-order chi connectivity index (χ1) is 7.91. The number of anilines is 1. The van der Waals surface area contributed by atoms with Crippen LogP contribution in [0, 0.1) is 5.82 Å². The first-order valence-electron chi connectivity index (χ1n) is 5.70. The maximum Gasteiger partial charge on any atom is 0.130 e. The van der Waals surface area contributed by atoms with Crippen molar-refractivity contribution in [2.45, 2.75) is 26.2 Å².